The molecule has 1 atom stereocenters. The van der Waals surface area contributed by atoms with E-state index in [1.54, 1.807) is 12.4 Å². The summed E-state index contributed by atoms with van der Waals surface area (Å²) < 4.78 is 0. The van der Waals surface area contributed by atoms with Crippen molar-refractivity contribution in [3.05, 3.63) is 18.5 Å². The Labute approximate surface area is 155 Å². The fourth-order valence-electron chi connectivity index (χ4n) is 2.83. The highest BCUT2D eigenvalue weighted by molar-refractivity contribution is 14.0. The molecule has 0 aromatic carbocycles. The molecule has 0 bridgehead atoms. The average Bonchev–Trinajstić information content (AvgIpc) is 3.14. The van der Waals surface area contributed by atoms with E-state index in [9.17, 15) is 0 Å². The highest BCUT2D eigenvalue weighted by Crippen LogP contribution is 2.44. The highest BCUT2D eigenvalue weighted by atomic mass is 127. The van der Waals surface area contributed by atoms with Crippen molar-refractivity contribution in [2.75, 3.05) is 37.6 Å². The SMILES string of the molecule is CCN=C(NC1CC1(C)C)N1CCN(c2ncccn2)CC1.I. The molecular weight excluding hydrogens is 403 g/mol. The first-order chi connectivity index (χ1) is 10.6. The van der Waals surface area contributed by atoms with Gasteiger partial charge in [0.1, 0.15) is 0 Å². The van der Waals surface area contributed by atoms with Gasteiger partial charge in [0.15, 0.2) is 5.96 Å². The van der Waals surface area contributed by atoms with Crippen molar-refractivity contribution in [1.82, 2.24) is 20.2 Å². The van der Waals surface area contributed by atoms with Crippen LogP contribution in [0.25, 0.3) is 0 Å². The van der Waals surface area contributed by atoms with Gasteiger partial charge in [-0.3, -0.25) is 4.99 Å². The van der Waals surface area contributed by atoms with Gasteiger partial charge in [-0.25, -0.2) is 9.97 Å². The molecule has 1 aromatic rings. The van der Waals surface area contributed by atoms with E-state index in [2.05, 4.69) is 50.8 Å². The molecule has 0 amide bonds. The summed E-state index contributed by atoms with van der Waals surface area (Å²) in [7, 11) is 0. The minimum Gasteiger partial charge on any atom is -0.353 e. The second-order valence-electron chi connectivity index (χ2n) is 6.71. The number of rotatable bonds is 3. The minimum absolute atomic E-state index is 0. The topological polar surface area (TPSA) is 56.7 Å². The Balaban J connectivity index is 0.00000192. The maximum absolute atomic E-state index is 4.67. The van der Waals surface area contributed by atoms with Crippen molar-refractivity contribution < 1.29 is 0 Å². The van der Waals surface area contributed by atoms with Gasteiger partial charge >= 0.3 is 0 Å². The number of nitrogens with one attached hydrogen (secondary N) is 1. The Hall–Kier alpha value is -1.12. The first kappa shape index (κ1) is 18.2. The molecule has 1 N–H and O–H groups in total. The van der Waals surface area contributed by atoms with Gasteiger partial charge in [-0.2, -0.15) is 0 Å². The van der Waals surface area contributed by atoms with E-state index in [0.29, 0.717) is 11.5 Å². The average molecular weight is 430 g/mol. The Morgan fingerprint density at radius 3 is 2.39 bits per heavy atom. The molecule has 3 rings (SSSR count). The quantitative estimate of drug-likeness (QED) is 0.452. The summed E-state index contributed by atoms with van der Waals surface area (Å²) in [6.07, 6.45) is 4.83. The normalized spacial score (nSPS) is 23.3. The van der Waals surface area contributed by atoms with Crippen LogP contribution in [0.3, 0.4) is 0 Å². The lowest BCUT2D eigenvalue weighted by Gasteiger charge is -2.36. The molecule has 1 saturated heterocycles. The standard InChI is InChI=1S/C16H26N6.HI/c1-4-17-15(20-13-12-16(13,2)3)22-10-8-21(9-11-22)14-18-6-5-7-19-14;/h5-7,13H,4,8-12H2,1-3H3,(H,17,20);1H. The van der Waals surface area contributed by atoms with Gasteiger partial charge in [-0.05, 0) is 24.8 Å². The number of piperazine rings is 1. The molecule has 128 valence electrons. The van der Waals surface area contributed by atoms with E-state index < -0.39 is 0 Å². The lowest BCUT2D eigenvalue weighted by atomic mass is 10.2. The molecule has 1 aromatic heterocycles. The summed E-state index contributed by atoms with van der Waals surface area (Å²) in [5, 5.41) is 3.63. The third-order valence-electron chi connectivity index (χ3n) is 4.54. The number of hydrogen-bond acceptors (Lipinski definition) is 4. The Bertz CT molecular complexity index is 525. The summed E-state index contributed by atoms with van der Waals surface area (Å²) in [5.41, 5.74) is 0.411. The number of nitrogens with zero attached hydrogens (tertiary/aromatic N) is 5. The van der Waals surface area contributed by atoms with Gasteiger partial charge in [0.25, 0.3) is 0 Å². The summed E-state index contributed by atoms with van der Waals surface area (Å²) in [6.45, 7) is 11.3. The lowest BCUT2D eigenvalue weighted by Crippen LogP contribution is -2.53. The number of anilines is 1. The van der Waals surface area contributed by atoms with E-state index >= 15 is 0 Å². The largest absolute Gasteiger partial charge is 0.353 e. The zero-order valence-corrected chi connectivity index (χ0v) is 16.5. The monoisotopic (exact) mass is 430 g/mol. The zero-order valence-electron chi connectivity index (χ0n) is 14.2. The molecule has 2 heterocycles. The van der Waals surface area contributed by atoms with Crippen molar-refractivity contribution >= 4 is 35.9 Å². The predicted molar refractivity (Wildman–Crippen MR) is 105 cm³/mol. The summed E-state index contributed by atoms with van der Waals surface area (Å²) >= 11 is 0. The van der Waals surface area contributed by atoms with Crippen LogP contribution >= 0.6 is 24.0 Å². The first-order valence-corrected chi connectivity index (χ1v) is 8.18. The summed E-state index contributed by atoms with van der Waals surface area (Å²) in [4.78, 5) is 17.9. The third-order valence-corrected chi connectivity index (χ3v) is 4.54. The summed E-state index contributed by atoms with van der Waals surface area (Å²) in [6, 6.07) is 2.42. The Kier molecular flexibility index (Phi) is 6.05. The highest BCUT2D eigenvalue weighted by Gasteiger charge is 2.46. The maximum atomic E-state index is 4.67. The number of hydrogen-bond donors (Lipinski definition) is 1. The smallest absolute Gasteiger partial charge is 0.225 e. The van der Waals surface area contributed by atoms with Crippen LogP contribution < -0.4 is 10.2 Å². The lowest BCUT2D eigenvalue weighted by molar-refractivity contribution is 0.366. The van der Waals surface area contributed by atoms with Gasteiger partial charge in [0, 0.05) is 51.2 Å². The maximum Gasteiger partial charge on any atom is 0.225 e. The molecule has 1 aliphatic heterocycles. The Morgan fingerprint density at radius 1 is 1.26 bits per heavy atom. The minimum atomic E-state index is 0. The fraction of sp³-hybridized carbons (Fsp3) is 0.688. The second kappa shape index (κ2) is 7.63. The van der Waals surface area contributed by atoms with E-state index in [0.717, 1.165) is 44.6 Å². The number of guanidine groups is 1. The molecule has 1 aliphatic carbocycles. The molecule has 2 aliphatic rings. The molecule has 7 heteroatoms. The van der Waals surface area contributed by atoms with Gasteiger partial charge in [0.2, 0.25) is 5.95 Å². The predicted octanol–water partition coefficient (Wildman–Crippen LogP) is 1.98. The fourth-order valence-corrected chi connectivity index (χ4v) is 2.83. The summed E-state index contributed by atoms with van der Waals surface area (Å²) in [5.74, 6) is 1.89. The van der Waals surface area contributed by atoms with Gasteiger partial charge < -0.3 is 15.1 Å². The zero-order chi connectivity index (χ0) is 15.6. The van der Waals surface area contributed by atoms with Crippen molar-refractivity contribution in [3.8, 4) is 0 Å². The number of aliphatic imine (C=N–C) groups is 1. The van der Waals surface area contributed by atoms with Gasteiger partial charge in [-0.1, -0.05) is 13.8 Å². The van der Waals surface area contributed by atoms with Crippen LogP contribution in [-0.4, -0.2) is 59.6 Å². The molecule has 0 radical (unpaired) electrons. The van der Waals surface area contributed by atoms with Crippen molar-refractivity contribution in [1.29, 1.82) is 0 Å². The van der Waals surface area contributed by atoms with Gasteiger partial charge in [0.05, 0.1) is 0 Å². The van der Waals surface area contributed by atoms with Gasteiger partial charge in [-0.15, -0.1) is 24.0 Å². The van der Waals surface area contributed by atoms with E-state index in [-0.39, 0.29) is 24.0 Å². The second-order valence-corrected chi connectivity index (χ2v) is 6.71. The molecule has 0 spiro atoms. The molecule has 6 nitrogen and oxygen atoms in total. The molecule has 1 unspecified atom stereocenters. The number of aromatic nitrogens is 2. The Morgan fingerprint density at radius 2 is 1.87 bits per heavy atom. The van der Waals surface area contributed by atoms with E-state index in [4.69, 9.17) is 0 Å². The van der Waals surface area contributed by atoms with Crippen LogP contribution in [0.15, 0.2) is 23.5 Å². The van der Waals surface area contributed by atoms with Crippen molar-refractivity contribution in [2.24, 2.45) is 10.4 Å². The first-order valence-electron chi connectivity index (χ1n) is 8.18. The van der Waals surface area contributed by atoms with E-state index in [1.807, 2.05) is 6.07 Å². The van der Waals surface area contributed by atoms with Crippen molar-refractivity contribution in [3.63, 3.8) is 0 Å². The van der Waals surface area contributed by atoms with Crippen LogP contribution in [0.2, 0.25) is 0 Å². The third kappa shape index (κ3) is 4.45. The van der Waals surface area contributed by atoms with E-state index in [1.165, 1.54) is 6.42 Å². The van der Waals surface area contributed by atoms with Crippen LogP contribution in [0, 0.1) is 5.41 Å². The molecule has 1 saturated carbocycles. The van der Waals surface area contributed by atoms with Crippen molar-refractivity contribution in [2.45, 2.75) is 33.2 Å². The molecule has 2 fully saturated rings. The van der Waals surface area contributed by atoms with Crippen LogP contribution in [-0.2, 0) is 0 Å². The number of halogens is 1. The van der Waals surface area contributed by atoms with Crippen LogP contribution in [0.4, 0.5) is 5.95 Å². The molecule has 23 heavy (non-hydrogen) atoms. The van der Waals surface area contributed by atoms with Crippen LogP contribution in [0.1, 0.15) is 27.2 Å². The molecular formula is C16H27IN6. The van der Waals surface area contributed by atoms with Crippen LogP contribution in [0.5, 0.6) is 0 Å².